The molecule has 4 nitrogen and oxygen atoms in total. The predicted octanol–water partition coefficient (Wildman–Crippen LogP) is 6.74. The lowest BCUT2D eigenvalue weighted by Gasteiger charge is -2.19. The maximum absolute atomic E-state index is 10.7. The molecule has 1 N–H and O–H groups in total. The number of rotatable bonds is 11. The Balaban J connectivity index is 1.43. The van der Waals surface area contributed by atoms with Crippen molar-refractivity contribution in [3.8, 4) is 0 Å². The van der Waals surface area contributed by atoms with Crippen molar-refractivity contribution >= 4 is 28.7 Å². The SMILES string of the molecule is O=C(O)CCCSc1cccc2c(CCOC(c3ccccc3)c3ccccc3)coc12. The molecule has 0 fully saturated rings. The first kappa shape index (κ1) is 22.2. The second-order valence-corrected chi connectivity index (χ2v) is 8.70. The van der Waals surface area contributed by atoms with E-state index >= 15 is 0 Å². The van der Waals surface area contributed by atoms with Gasteiger partial charge in [0.05, 0.1) is 17.8 Å². The van der Waals surface area contributed by atoms with E-state index in [1.165, 1.54) is 0 Å². The minimum Gasteiger partial charge on any atom is -0.481 e. The Morgan fingerprint density at radius 3 is 2.28 bits per heavy atom. The first-order valence-corrected chi connectivity index (χ1v) is 11.8. The van der Waals surface area contributed by atoms with Gasteiger partial charge < -0.3 is 14.3 Å². The van der Waals surface area contributed by atoms with Gasteiger partial charge in [-0.2, -0.15) is 0 Å². The molecule has 0 saturated carbocycles. The number of carboxylic acids is 1. The zero-order valence-corrected chi connectivity index (χ0v) is 18.6. The van der Waals surface area contributed by atoms with Crippen LogP contribution in [0.4, 0.5) is 0 Å². The van der Waals surface area contributed by atoms with E-state index < -0.39 is 5.97 Å². The minimum absolute atomic E-state index is 0.115. The van der Waals surface area contributed by atoms with Crippen molar-refractivity contribution < 1.29 is 19.1 Å². The van der Waals surface area contributed by atoms with Crippen molar-refractivity contribution in [2.45, 2.75) is 30.3 Å². The third-order valence-electron chi connectivity index (χ3n) is 5.30. The summed E-state index contributed by atoms with van der Waals surface area (Å²) in [6, 6.07) is 26.7. The molecule has 0 aliphatic carbocycles. The fourth-order valence-electron chi connectivity index (χ4n) is 3.72. The Bertz CT molecular complexity index is 1100. The van der Waals surface area contributed by atoms with Gasteiger partial charge in [0.15, 0.2) is 0 Å². The van der Waals surface area contributed by atoms with E-state index in [2.05, 4.69) is 30.3 Å². The van der Waals surface area contributed by atoms with E-state index in [1.54, 1.807) is 11.8 Å². The van der Waals surface area contributed by atoms with Crippen LogP contribution in [0.2, 0.25) is 0 Å². The third kappa shape index (κ3) is 5.61. The largest absolute Gasteiger partial charge is 0.481 e. The molecule has 0 saturated heterocycles. The van der Waals surface area contributed by atoms with Gasteiger partial charge in [-0.05, 0) is 35.8 Å². The lowest BCUT2D eigenvalue weighted by atomic mass is 10.0. The molecule has 4 aromatic rings. The van der Waals surface area contributed by atoms with Gasteiger partial charge in [-0.3, -0.25) is 4.79 Å². The summed E-state index contributed by atoms with van der Waals surface area (Å²) in [5.41, 5.74) is 4.25. The van der Waals surface area contributed by atoms with E-state index in [1.807, 2.05) is 54.8 Å². The summed E-state index contributed by atoms with van der Waals surface area (Å²) in [5.74, 6) is -0.00572. The van der Waals surface area contributed by atoms with Gasteiger partial charge in [0, 0.05) is 17.4 Å². The van der Waals surface area contributed by atoms with E-state index in [0.29, 0.717) is 13.0 Å². The van der Waals surface area contributed by atoms with E-state index in [4.69, 9.17) is 14.3 Å². The second-order valence-electron chi connectivity index (χ2n) is 7.56. The number of furan rings is 1. The number of benzene rings is 3. The van der Waals surface area contributed by atoms with Gasteiger partial charge in [-0.25, -0.2) is 0 Å². The number of fused-ring (bicyclic) bond motifs is 1. The van der Waals surface area contributed by atoms with Gasteiger partial charge in [-0.1, -0.05) is 72.8 Å². The summed E-state index contributed by atoms with van der Waals surface area (Å²) in [4.78, 5) is 11.8. The molecule has 0 aliphatic heterocycles. The van der Waals surface area contributed by atoms with Crippen molar-refractivity contribution in [1.82, 2.24) is 0 Å². The molecule has 1 heterocycles. The topological polar surface area (TPSA) is 59.7 Å². The highest BCUT2D eigenvalue weighted by Gasteiger charge is 2.16. The molecule has 32 heavy (non-hydrogen) atoms. The number of carboxylic acid groups (broad SMARTS) is 1. The van der Waals surface area contributed by atoms with E-state index in [-0.39, 0.29) is 12.5 Å². The molecular weight excluding hydrogens is 420 g/mol. The molecule has 0 aliphatic rings. The first-order chi connectivity index (χ1) is 15.7. The smallest absolute Gasteiger partial charge is 0.303 e. The van der Waals surface area contributed by atoms with Crippen molar-refractivity contribution in [3.05, 3.63) is 102 Å². The molecular formula is C27H26O4S. The monoisotopic (exact) mass is 446 g/mol. The van der Waals surface area contributed by atoms with Crippen LogP contribution in [0.1, 0.15) is 35.6 Å². The molecule has 0 amide bonds. The van der Waals surface area contributed by atoms with Gasteiger partial charge in [0.2, 0.25) is 0 Å². The average Bonchev–Trinajstić information content (AvgIpc) is 3.24. The number of ether oxygens (including phenoxy) is 1. The first-order valence-electron chi connectivity index (χ1n) is 10.8. The van der Waals surface area contributed by atoms with Gasteiger partial charge in [-0.15, -0.1) is 11.8 Å². The van der Waals surface area contributed by atoms with Crippen molar-refractivity contribution in [2.75, 3.05) is 12.4 Å². The number of thioether (sulfide) groups is 1. The van der Waals surface area contributed by atoms with Crippen LogP contribution in [0, 0.1) is 0 Å². The zero-order valence-electron chi connectivity index (χ0n) is 17.8. The summed E-state index contributed by atoms with van der Waals surface area (Å²) in [6.07, 6.45) is 3.27. The highest BCUT2D eigenvalue weighted by Crippen LogP contribution is 2.32. The van der Waals surface area contributed by atoms with Gasteiger partial charge >= 0.3 is 5.97 Å². The van der Waals surface area contributed by atoms with Crippen LogP contribution in [-0.4, -0.2) is 23.4 Å². The summed E-state index contributed by atoms with van der Waals surface area (Å²) in [6.45, 7) is 0.569. The minimum atomic E-state index is -0.756. The number of hydrogen-bond donors (Lipinski definition) is 1. The molecule has 0 radical (unpaired) electrons. The van der Waals surface area contributed by atoms with E-state index in [0.717, 1.165) is 44.7 Å². The lowest BCUT2D eigenvalue weighted by molar-refractivity contribution is -0.137. The van der Waals surface area contributed by atoms with Crippen molar-refractivity contribution in [2.24, 2.45) is 0 Å². The molecule has 164 valence electrons. The van der Waals surface area contributed by atoms with Crippen molar-refractivity contribution in [3.63, 3.8) is 0 Å². The molecule has 0 atom stereocenters. The van der Waals surface area contributed by atoms with Crippen LogP contribution in [-0.2, 0) is 16.0 Å². The second kappa shape index (κ2) is 11.0. The molecule has 1 aromatic heterocycles. The maximum Gasteiger partial charge on any atom is 0.303 e. The highest BCUT2D eigenvalue weighted by molar-refractivity contribution is 7.99. The summed E-state index contributed by atoms with van der Waals surface area (Å²) >= 11 is 1.64. The molecule has 3 aromatic carbocycles. The van der Waals surface area contributed by atoms with Gasteiger partial charge in [0.1, 0.15) is 11.7 Å². The Hall–Kier alpha value is -3.02. The highest BCUT2D eigenvalue weighted by atomic mass is 32.2. The summed E-state index contributed by atoms with van der Waals surface area (Å²) in [5, 5.41) is 9.90. The Morgan fingerprint density at radius 1 is 0.938 bits per heavy atom. The number of para-hydroxylation sites is 1. The fourth-order valence-corrected chi connectivity index (χ4v) is 4.70. The van der Waals surface area contributed by atoms with E-state index in [9.17, 15) is 4.79 Å². The number of carbonyl (C=O) groups is 1. The van der Waals surface area contributed by atoms with Crippen LogP contribution in [0.15, 0.2) is 94.4 Å². The normalized spacial score (nSPS) is 11.3. The average molecular weight is 447 g/mol. The van der Waals surface area contributed by atoms with Crippen LogP contribution in [0.25, 0.3) is 11.0 Å². The Kier molecular flexibility index (Phi) is 7.64. The predicted molar refractivity (Wildman–Crippen MR) is 128 cm³/mol. The van der Waals surface area contributed by atoms with Crippen molar-refractivity contribution in [1.29, 1.82) is 0 Å². The third-order valence-corrected chi connectivity index (χ3v) is 6.42. The molecule has 5 heteroatoms. The Labute approximate surface area is 192 Å². The Morgan fingerprint density at radius 2 is 1.62 bits per heavy atom. The summed E-state index contributed by atoms with van der Waals surface area (Å²) < 4.78 is 12.3. The van der Waals surface area contributed by atoms with Crippen LogP contribution >= 0.6 is 11.8 Å². The quantitative estimate of drug-likeness (QED) is 0.204. The van der Waals surface area contributed by atoms with Crippen LogP contribution in [0.3, 0.4) is 0 Å². The van der Waals surface area contributed by atoms with Gasteiger partial charge in [0.25, 0.3) is 0 Å². The maximum atomic E-state index is 10.7. The standard InChI is InChI=1S/C27H26O4S/c28-25(29)15-8-18-32-24-14-7-13-23-22(19-31-27(23)24)16-17-30-26(20-9-3-1-4-10-20)21-11-5-2-6-12-21/h1-7,9-14,19,26H,8,15-18H2,(H,28,29). The lowest BCUT2D eigenvalue weighted by Crippen LogP contribution is -2.08. The summed E-state index contributed by atoms with van der Waals surface area (Å²) in [7, 11) is 0. The van der Waals surface area contributed by atoms with Crippen LogP contribution < -0.4 is 0 Å². The number of hydrogen-bond acceptors (Lipinski definition) is 4. The molecule has 0 unspecified atom stereocenters. The molecule has 0 spiro atoms. The van der Waals surface area contributed by atoms with Crippen LogP contribution in [0.5, 0.6) is 0 Å². The molecule has 0 bridgehead atoms. The zero-order chi connectivity index (χ0) is 22.2. The number of aliphatic carboxylic acids is 1. The molecule has 4 rings (SSSR count). The fraction of sp³-hybridized carbons (Fsp3) is 0.222.